The number of benzene rings is 2. The van der Waals surface area contributed by atoms with E-state index in [4.69, 9.17) is 9.15 Å². The Balaban J connectivity index is 1.29. The van der Waals surface area contributed by atoms with E-state index in [1.165, 1.54) is 41.4 Å². The number of nitrogens with zero attached hydrogens (tertiary/aromatic N) is 4. The molecule has 0 radical (unpaired) electrons. The topological polar surface area (TPSA) is 109 Å². The Bertz CT molecular complexity index is 1710. The predicted octanol–water partition coefficient (Wildman–Crippen LogP) is 3.92. The van der Waals surface area contributed by atoms with E-state index in [1.54, 1.807) is 22.9 Å². The average Bonchev–Trinajstić information content (AvgIpc) is 3.55. The van der Waals surface area contributed by atoms with Gasteiger partial charge in [0.05, 0.1) is 39.9 Å². The van der Waals surface area contributed by atoms with Crippen LogP contribution in [-0.2, 0) is 21.1 Å². The largest absolute Gasteiger partial charge is 0.464 e. The van der Waals surface area contributed by atoms with Crippen molar-refractivity contribution >= 4 is 31.6 Å². The first-order chi connectivity index (χ1) is 17.0. The van der Waals surface area contributed by atoms with E-state index in [0.29, 0.717) is 27.4 Å². The fourth-order valence-corrected chi connectivity index (χ4v) is 5.73. The lowest BCUT2D eigenvalue weighted by Crippen LogP contribution is -2.24. The summed E-state index contributed by atoms with van der Waals surface area (Å²) in [5, 5.41) is 10.4. The van der Waals surface area contributed by atoms with Crippen LogP contribution in [0.15, 0.2) is 86.2 Å². The maximum atomic E-state index is 13.2. The molecule has 9 nitrogen and oxygen atoms in total. The minimum Gasteiger partial charge on any atom is -0.464 e. The third kappa shape index (κ3) is 3.94. The number of aromatic nitrogens is 4. The Labute approximate surface area is 200 Å². The van der Waals surface area contributed by atoms with Crippen LogP contribution in [0.3, 0.4) is 0 Å². The average molecular weight is 491 g/mol. The first kappa shape index (κ1) is 21.8. The summed E-state index contributed by atoms with van der Waals surface area (Å²) in [5.74, 6) is 0. The molecule has 1 aliphatic rings. The van der Waals surface area contributed by atoms with E-state index in [2.05, 4.69) is 10.2 Å². The number of furan rings is 1. The van der Waals surface area contributed by atoms with Crippen molar-refractivity contribution in [3.05, 3.63) is 83.2 Å². The Morgan fingerprint density at radius 3 is 2.66 bits per heavy atom. The monoisotopic (exact) mass is 490 g/mol. The maximum Gasteiger partial charge on any atom is 0.274 e. The smallest absolute Gasteiger partial charge is 0.274 e. The molecule has 1 saturated heterocycles. The summed E-state index contributed by atoms with van der Waals surface area (Å²) >= 11 is 0. The first-order valence-electron chi connectivity index (χ1n) is 11.4. The molecule has 3 aromatic heterocycles. The summed E-state index contributed by atoms with van der Waals surface area (Å²) in [6, 6.07) is 12.8. The molecule has 6 rings (SSSR count). The van der Waals surface area contributed by atoms with Gasteiger partial charge in [0.15, 0.2) is 0 Å². The van der Waals surface area contributed by atoms with Gasteiger partial charge in [0.25, 0.3) is 5.56 Å². The van der Waals surface area contributed by atoms with Crippen LogP contribution in [0.25, 0.3) is 21.7 Å². The van der Waals surface area contributed by atoms with Crippen LogP contribution in [0.1, 0.15) is 31.2 Å². The van der Waals surface area contributed by atoms with Gasteiger partial charge in [-0.25, -0.2) is 17.8 Å². The molecular weight excluding hydrogens is 468 g/mol. The van der Waals surface area contributed by atoms with E-state index in [-0.39, 0.29) is 28.1 Å². The van der Waals surface area contributed by atoms with Crippen LogP contribution in [0.5, 0.6) is 0 Å². The second-order valence-corrected chi connectivity index (χ2v) is 10.5. The van der Waals surface area contributed by atoms with Crippen LogP contribution in [0.2, 0.25) is 0 Å². The van der Waals surface area contributed by atoms with Gasteiger partial charge in [-0.3, -0.25) is 4.79 Å². The van der Waals surface area contributed by atoms with Gasteiger partial charge in [-0.2, -0.15) is 10.2 Å². The van der Waals surface area contributed by atoms with Crippen LogP contribution in [-0.4, -0.2) is 34.6 Å². The van der Waals surface area contributed by atoms with Crippen molar-refractivity contribution in [3.8, 4) is 0 Å². The zero-order chi connectivity index (χ0) is 24.0. The molecule has 1 fully saturated rings. The van der Waals surface area contributed by atoms with E-state index in [1.807, 2.05) is 12.3 Å². The predicted molar refractivity (Wildman–Crippen MR) is 128 cm³/mol. The van der Waals surface area contributed by atoms with Crippen LogP contribution in [0, 0.1) is 0 Å². The van der Waals surface area contributed by atoms with Gasteiger partial charge in [-0.05, 0) is 67.8 Å². The number of hydrogen-bond acceptors (Lipinski definition) is 7. The van der Waals surface area contributed by atoms with Crippen molar-refractivity contribution in [1.29, 1.82) is 0 Å². The third-order valence-electron chi connectivity index (χ3n) is 6.29. The molecular formula is C25H22N4O5S. The highest BCUT2D eigenvalue weighted by atomic mass is 32.2. The van der Waals surface area contributed by atoms with E-state index in [0.717, 1.165) is 25.9 Å². The van der Waals surface area contributed by atoms with E-state index >= 15 is 0 Å². The Morgan fingerprint density at radius 1 is 1.00 bits per heavy atom. The molecule has 0 N–H and O–H groups in total. The quantitative estimate of drug-likeness (QED) is 0.367. The van der Waals surface area contributed by atoms with E-state index in [9.17, 15) is 13.2 Å². The van der Waals surface area contributed by atoms with Crippen LogP contribution >= 0.6 is 0 Å². The van der Waals surface area contributed by atoms with E-state index < -0.39 is 9.84 Å². The minimum atomic E-state index is -3.78. The van der Waals surface area contributed by atoms with Gasteiger partial charge in [-0.1, -0.05) is 0 Å². The van der Waals surface area contributed by atoms with Crippen molar-refractivity contribution in [1.82, 2.24) is 19.6 Å². The molecule has 1 aliphatic heterocycles. The molecule has 178 valence electrons. The number of fused-ring (bicyclic) bond motifs is 2. The second kappa shape index (κ2) is 8.47. The Morgan fingerprint density at radius 2 is 1.83 bits per heavy atom. The van der Waals surface area contributed by atoms with Gasteiger partial charge in [0, 0.05) is 23.6 Å². The number of ether oxygens (including phenoxy) is 1. The summed E-state index contributed by atoms with van der Waals surface area (Å²) < 4.78 is 40.6. The lowest BCUT2D eigenvalue weighted by molar-refractivity contribution is -0.0397. The summed E-state index contributed by atoms with van der Waals surface area (Å²) in [7, 11) is -3.78. The second-order valence-electron chi connectivity index (χ2n) is 8.59. The number of hydrogen-bond donors (Lipinski definition) is 0. The van der Waals surface area contributed by atoms with Gasteiger partial charge in [-0.15, -0.1) is 0 Å². The van der Waals surface area contributed by atoms with Gasteiger partial charge < -0.3 is 9.15 Å². The zero-order valence-electron chi connectivity index (χ0n) is 18.7. The van der Waals surface area contributed by atoms with Crippen molar-refractivity contribution < 1.29 is 17.6 Å². The van der Waals surface area contributed by atoms with Crippen molar-refractivity contribution in [3.63, 3.8) is 0 Å². The summed E-state index contributed by atoms with van der Waals surface area (Å²) in [6.45, 7) is 0.931. The Kier molecular flexibility index (Phi) is 5.27. The van der Waals surface area contributed by atoms with Crippen LogP contribution in [0.4, 0.5) is 0 Å². The lowest BCUT2D eigenvalue weighted by atomic mass is 10.2. The molecule has 2 aromatic carbocycles. The van der Waals surface area contributed by atoms with Crippen molar-refractivity contribution in [2.45, 2.75) is 41.8 Å². The molecule has 35 heavy (non-hydrogen) atoms. The maximum absolute atomic E-state index is 13.2. The number of rotatable bonds is 5. The summed E-state index contributed by atoms with van der Waals surface area (Å²) in [4.78, 5) is 13.3. The fraction of sp³-hybridized carbons (Fsp3) is 0.240. The normalized spacial score (nSPS) is 16.7. The van der Waals surface area contributed by atoms with Gasteiger partial charge >= 0.3 is 0 Å². The SMILES string of the molecule is O=c1c2ccc(S(=O)(=O)c3ccc4occc4c3)cc2cnn1Cc1ccn(C2CCCCO2)n1. The standard InChI is InChI=1S/C25H22N4O5S/c30-25-22-6-4-20(35(31,32)21-5-7-23-17(13-21)9-12-33-23)14-18(22)15-26-29(25)16-19-8-10-28(27-19)24-3-1-2-11-34-24/h4-10,12-15,24H,1-3,11,16H2. The molecule has 5 aromatic rings. The lowest BCUT2D eigenvalue weighted by Gasteiger charge is -2.22. The minimum absolute atomic E-state index is 0.0756. The highest BCUT2D eigenvalue weighted by molar-refractivity contribution is 7.91. The van der Waals surface area contributed by atoms with Crippen LogP contribution < -0.4 is 5.56 Å². The van der Waals surface area contributed by atoms with Gasteiger partial charge in [0.1, 0.15) is 11.8 Å². The van der Waals surface area contributed by atoms with Crippen molar-refractivity contribution in [2.75, 3.05) is 6.61 Å². The molecule has 1 atom stereocenters. The summed E-state index contributed by atoms with van der Waals surface area (Å²) in [6.07, 6.45) is 7.88. The molecule has 0 aliphatic carbocycles. The summed E-state index contributed by atoms with van der Waals surface area (Å²) in [5.41, 5.74) is 1.00. The zero-order valence-corrected chi connectivity index (χ0v) is 19.5. The van der Waals surface area contributed by atoms with Crippen molar-refractivity contribution in [2.24, 2.45) is 0 Å². The molecule has 0 bridgehead atoms. The molecule has 0 amide bonds. The first-order valence-corrected chi connectivity index (χ1v) is 12.9. The number of sulfone groups is 1. The highest BCUT2D eigenvalue weighted by Crippen LogP contribution is 2.27. The Hall–Kier alpha value is -3.76. The molecule has 0 saturated carbocycles. The highest BCUT2D eigenvalue weighted by Gasteiger charge is 2.20. The third-order valence-corrected chi connectivity index (χ3v) is 8.04. The molecule has 0 spiro atoms. The molecule has 10 heteroatoms. The van der Waals surface area contributed by atoms with Gasteiger partial charge in [0.2, 0.25) is 9.84 Å². The molecule has 4 heterocycles. The fourth-order valence-electron chi connectivity index (χ4n) is 4.40. The molecule has 1 unspecified atom stereocenters.